The van der Waals surface area contributed by atoms with Gasteiger partial charge in [0.2, 0.25) is 0 Å². The second kappa shape index (κ2) is 7.35. The van der Waals surface area contributed by atoms with Gasteiger partial charge >= 0.3 is 0 Å². The van der Waals surface area contributed by atoms with Gasteiger partial charge in [0.15, 0.2) is 11.6 Å². The quantitative estimate of drug-likeness (QED) is 0.451. The minimum absolute atomic E-state index is 0.608. The third-order valence-corrected chi connectivity index (χ3v) is 4.23. The Morgan fingerprint density at radius 1 is 1.00 bits per heavy atom. The molecule has 4 aromatic rings. The zero-order valence-electron chi connectivity index (χ0n) is 14.6. The summed E-state index contributed by atoms with van der Waals surface area (Å²) in [6, 6.07) is 19.6. The van der Waals surface area contributed by atoms with Gasteiger partial charge in [-0.15, -0.1) is 0 Å². The lowest BCUT2D eigenvalue weighted by Crippen LogP contribution is -2.06. The van der Waals surface area contributed by atoms with Crippen molar-refractivity contribution in [2.24, 2.45) is 0 Å². The zero-order chi connectivity index (χ0) is 17.8. The van der Waals surface area contributed by atoms with Crippen molar-refractivity contribution in [3.63, 3.8) is 0 Å². The highest BCUT2D eigenvalue weighted by Crippen LogP contribution is 2.25. The molecule has 0 amide bonds. The molecule has 132 valence electrons. The van der Waals surface area contributed by atoms with E-state index in [-0.39, 0.29) is 0 Å². The minimum Gasteiger partial charge on any atom is -0.497 e. The van der Waals surface area contributed by atoms with Gasteiger partial charge in [-0.05, 0) is 42.8 Å². The average Bonchev–Trinajstić information content (AvgIpc) is 3.33. The Morgan fingerprint density at radius 2 is 1.88 bits per heavy atom. The van der Waals surface area contributed by atoms with Crippen LogP contribution in [0.3, 0.4) is 0 Å². The van der Waals surface area contributed by atoms with E-state index in [1.807, 2.05) is 54.6 Å². The minimum atomic E-state index is 0.608. The van der Waals surface area contributed by atoms with E-state index >= 15 is 0 Å². The second-order valence-corrected chi connectivity index (χ2v) is 5.93. The number of benzene rings is 2. The average molecular weight is 348 g/mol. The summed E-state index contributed by atoms with van der Waals surface area (Å²) >= 11 is 0. The molecule has 0 aliphatic heterocycles. The lowest BCUT2D eigenvalue weighted by atomic mass is 10.3. The van der Waals surface area contributed by atoms with Crippen molar-refractivity contribution < 1.29 is 13.9 Å². The molecule has 0 spiro atoms. The van der Waals surface area contributed by atoms with Gasteiger partial charge in [-0.1, -0.05) is 18.2 Å². The van der Waals surface area contributed by atoms with Gasteiger partial charge in [-0.2, -0.15) is 0 Å². The molecule has 2 aromatic carbocycles. The first-order chi connectivity index (χ1) is 12.8. The summed E-state index contributed by atoms with van der Waals surface area (Å²) in [7, 11) is 1.65. The molecule has 0 radical (unpaired) electrons. The number of imidazole rings is 1. The summed E-state index contributed by atoms with van der Waals surface area (Å²) < 4.78 is 18.8. The number of hydrogen-bond donors (Lipinski definition) is 0. The third-order valence-electron chi connectivity index (χ3n) is 4.23. The first kappa shape index (κ1) is 16.3. The molecule has 0 atom stereocenters. The van der Waals surface area contributed by atoms with Crippen LogP contribution in [0, 0.1) is 0 Å². The van der Waals surface area contributed by atoms with Crippen molar-refractivity contribution in [2.75, 3.05) is 13.7 Å². The van der Waals surface area contributed by atoms with Crippen LogP contribution < -0.4 is 9.47 Å². The fourth-order valence-corrected chi connectivity index (χ4v) is 3.00. The smallest absolute Gasteiger partial charge is 0.177 e. The van der Waals surface area contributed by atoms with Crippen molar-refractivity contribution in [1.29, 1.82) is 0 Å². The number of methoxy groups -OCH3 is 1. The summed E-state index contributed by atoms with van der Waals surface area (Å²) in [5.41, 5.74) is 2.06. The SMILES string of the molecule is COc1cccc(OCCCn2c(-c3ccco3)nc3ccccc32)c1. The van der Waals surface area contributed by atoms with Crippen LogP contribution in [0.2, 0.25) is 0 Å². The maximum atomic E-state index is 5.85. The molecule has 5 heteroatoms. The number of furan rings is 1. The number of aromatic nitrogens is 2. The van der Waals surface area contributed by atoms with Crippen LogP contribution in [0.4, 0.5) is 0 Å². The van der Waals surface area contributed by atoms with E-state index in [0.717, 1.165) is 47.1 Å². The van der Waals surface area contributed by atoms with Crippen molar-refractivity contribution in [1.82, 2.24) is 9.55 Å². The monoisotopic (exact) mass is 348 g/mol. The summed E-state index contributed by atoms with van der Waals surface area (Å²) in [5, 5.41) is 0. The molecule has 4 rings (SSSR count). The molecule has 0 unspecified atom stereocenters. The normalized spacial score (nSPS) is 11.0. The Labute approximate surface area is 151 Å². The van der Waals surface area contributed by atoms with Gasteiger partial charge in [0.25, 0.3) is 0 Å². The fourth-order valence-electron chi connectivity index (χ4n) is 3.00. The van der Waals surface area contributed by atoms with E-state index in [2.05, 4.69) is 10.6 Å². The van der Waals surface area contributed by atoms with Crippen molar-refractivity contribution in [3.8, 4) is 23.1 Å². The van der Waals surface area contributed by atoms with Gasteiger partial charge in [0, 0.05) is 12.6 Å². The van der Waals surface area contributed by atoms with E-state index in [0.29, 0.717) is 6.61 Å². The van der Waals surface area contributed by atoms with Gasteiger partial charge < -0.3 is 18.5 Å². The first-order valence-corrected chi connectivity index (χ1v) is 8.61. The topological polar surface area (TPSA) is 49.4 Å². The Bertz CT molecular complexity index is 990. The summed E-state index contributed by atoms with van der Waals surface area (Å²) in [4.78, 5) is 4.73. The Hall–Kier alpha value is -3.21. The Kier molecular flexibility index (Phi) is 4.60. The first-order valence-electron chi connectivity index (χ1n) is 8.61. The molecule has 0 saturated heterocycles. The molecule has 0 bridgehead atoms. The van der Waals surface area contributed by atoms with E-state index in [1.165, 1.54) is 0 Å². The van der Waals surface area contributed by atoms with Crippen LogP contribution in [-0.4, -0.2) is 23.3 Å². The molecule has 0 fully saturated rings. The van der Waals surface area contributed by atoms with Crippen molar-refractivity contribution in [2.45, 2.75) is 13.0 Å². The predicted molar refractivity (Wildman–Crippen MR) is 101 cm³/mol. The van der Waals surface area contributed by atoms with Gasteiger partial charge in [0.1, 0.15) is 11.5 Å². The maximum absolute atomic E-state index is 5.85. The van der Waals surface area contributed by atoms with Crippen LogP contribution in [0.25, 0.3) is 22.6 Å². The van der Waals surface area contributed by atoms with Gasteiger partial charge in [-0.25, -0.2) is 4.98 Å². The number of para-hydroxylation sites is 2. The number of fused-ring (bicyclic) bond motifs is 1. The van der Waals surface area contributed by atoms with Crippen LogP contribution in [0.5, 0.6) is 11.5 Å². The molecule has 0 saturated carbocycles. The molecular formula is C21H20N2O3. The Balaban J connectivity index is 1.49. The Morgan fingerprint density at radius 3 is 2.73 bits per heavy atom. The lowest BCUT2D eigenvalue weighted by Gasteiger charge is -2.10. The second-order valence-electron chi connectivity index (χ2n) is 5.93. The van der Waals surface area contributed by atoms with Crippen LogP contribution >= 0.6 is 0 Å². The van der Waals surface area contributed by atoms with Gasteiger partial charge in [0.05, 0.1) is 31.0 Å². The molecule has 0 aliphatic rings. The number of aryl methyl sites for hydroxylation is 1. The molecule has 26 heavy (non-hydrogen) atoms. The lowest BCUT2D eigenvalue weighted by molar-refractivity contribution is 0.300. The highest BCUT2D eigenvalue weighted by molar-refractivity contribution is 5.79. The summed E-state index contributed by atoms with van der Waals surface area (Å²) in [6.45, 7) is 1.40. The van der Waals surface area contributed by atoms with E-state index < -0.39 is 0 Å². The third kappa shape index (κ3) is 3.28. The highest BCUT2D eigenvalue weighted by atomic mass is 16.5. The van der Waals surface area contributed by atoms with Crippen LogP contribution in [0.15, 0.2) is 71.3 Å². The summed E-state index contributed by atoms with van der Waals surface area (Å²) in [6.07, 6.45) is 2.52. The molecule has 2 aromatic heterocycles. The van der Waals surface area contributed by atoms with Gasteiger partial charge in [-0.3, -0.25) is 0 Å². The molecule has 0 aliphatic carbocycles. The number of hydrogen-bond acceptors (Lipinski definition) is 4. The van der Waals surface area contributed by atoms with Crippen LogP contribution in [-0.2, 0) is 6.54 Å². The molecule has 5 nitrogen and oxygen atoms in total. The number of ether oxygens (including phenoxy) is 2. The number of rotatable bonds is 7. The molecule has 2 heterocycles. The van der Waals surface area contributed by atoms with E-state index in [4.69, 9.17) is 18.9 Å². The maximum Gasteiger partial charge on any atom is 0.177 e. The highest BCUT2D eigenvalue weighted by Gasteiger charge is 2.14. The number of nitrogens with zero attached hydrogens (tertiary/aromatic N) is 2. The fraction of sp³-hybridized carbons (Fsp3) is 0.190. The molecule has 0 N–H and O–H groups in total. The van der Waals surface area contributed by atoms with E-state index in [1.54, 1.807) is 13.4 Å². The largest absolute Gasteiger partial charge is 0.497 e. The zero-order valence-corrected chi connectivity index (χ0v) is 14.6. The predicted octanol–water partition coefficient (Wildman–Crippen LogP) is 4.77. The summed E-state index contributed by atoms with van der Waals surface area (Å²) in [5.74, 6) is 3.22. The van der Waals surface area contributed by atoms with E-state index in [9.17, 15) is 0 Å². The van der Waals surface area contributed by atoms with Crippen molar-refractivity contribution >= 4 is 11.0 Å². The molecular weight excluding hydrogens is 328 g/mol. The van der Waals surface area contributed by atoms with Crippen molar-refractivity contribution in [3.05, 3.63) is 66.9 Å². The standard InChI is InChI=1S/C21H20N2O3/c1-24-16-7-4-8-17(15-16)25-14-6-12-23-19-10-3-2-9-18(19)22-21(23)20-11-5-13-26-20/h2-5,7-11,13,15H,6,12,14H2,1H3. The van der Waals surface area contributed by atoms with Crippen LogP contribution in [0.1, 0.15) is 6.42 Å².